The molecule has 0 bridgehead atoms. The van der Waals surface area contributed by atoms with Crippen LogP contribution in [0.1, 0.15) is 41.5 Å². The summed E-state index contributed by atoms with van der Waals surface area (Å²) in [4.78, 5) is 120. The second-order valence-corrected chi connectivity index (χ2v) is 11.3. The van der Waals surface area contributed by atoms with Crippen LogP contribution in [-0.2, 0) is 71.4 Å². The topological polar surface area (TPSA) is 309 Å². The molecular weight excluding hydrogens is 724 g/mol. The van der Waals surface area contributed by atoms with E-state index in [-0.39, 0.29) is 0 Å². The van der Waals surface area contributed by atoms with Crippen molar-refractivity contribution < 1.29 is 81.0 Å². The molecule has 0 unspecified atom stereocenters. The monoisotopic (exact) mass is 764 g/mol. The number of rotatable bonds is 15. The summed E-state index contributed by atoms with van der Waals surface area (Å²) in [7, 11) is 2.02. The van der Waals surface area contributed by atoms with Crippen LogP contribution in [0.5, 0.6) is 0 Å². The highest BCUT2D eigenvalue weighted by molar-refractivity contribution is 5.74. The number of nitroso groups, excluding NO2 is 2. The summed E-state index contributed by atoms with van der Waals surface area (Å²) >= 11 is 0. The average Bonchev–Trinajstić information content (AvgIpc) is 3.32. The summed E-state index contributed by atoms with van der Waals surface area (Å²) in [5, 5.41) is 10.2. The molecule has 0 aromatic rings. The Kier molecular flexibility index (Phi) is 15.9. The number of urea groups is 2. The van der Waals surface area contributed by atoms with Crippen molar-refractivity contribution in [2.24, 2.45) is 10.6 Å². The molecule has 2 fully saturated rings. The zero-order valence-electron chi connectivity index (χ0n) is 29.8. The van der Waals surface area contributed by atoms with E-state index in [9.17, 15) is 48.2 Å². The van der Waals surface area contributed by atoms with E-state index in [0.29, 0.717) is 10.0 Å². The van der Waals surface area contributed by atoms with Crippen LogP contribution in [0.2, 0.25) is 0 Å². The maximum Gasteiger partial charge on any atom is 0.340 e. The highest BCUT2D eigenvalue weighted by atomic mass is 16.8. The molecule has 4 amide bonds. The molecule has 0 saturated carbocycles. The maximum atomic E-state index is 12.5. The Morgan fingerprint density at radius 1 is 0.604 bits per heavy atom. The minimum atomic E-state index is -2.60. The maximum absolute atomic E-state index is 12.5. The van der Waals surface area contributed by atoms with E-state index in [1.165, 1.54) is 0 Å². The molecule has 25 nitrogen and oxygen atoms in total. The number of ether oxygens (including phenoxy) is 9. The first kappa shape index (κ1) is 43.6. The van der Waals surface area contributed by atoms with E-state index in [0.717, 1.165) is 55.6 Å². The highest BCUT2D eigenvalue weighted by Gasteiger charge is 2.64. The van der Waals surface area contributed by atoms with Crippen molar-refractivity contribution in [1.29, 1.82) is 0 Å². The molecule has 2 aliphatic heterocycles. The summed E-state index contributed by atoms with van der Waals surface area (Å²) in [5.41, 5.74) is 0. The van der Waals surface area contributed by atoms with Crippen LogP contribution in [-0.4, -0.2) is 146 Å². The number of nitrogens with one attached hydrogen (secondary N) is 2. The summed E-state index contributed by atoms with van der Waals surface area (Å²) in [5.74, 6) is -8.51. The smallest absolute Gasteiger partial charge is 0.340 e. The molecule has 0 radical (unpaired) electrons. The van der Waals surface area contributed by atoms with Gasteiger partial charge in [0, 0.05) is 68.7 Å². The molecule has 0 aliphatic carbocycles. The van der Waals surface area contributed by atoms with E-state index in [1.54, 1.807) is 0 Å². The number of hydrogen-bond donors (Lipinski definition) is 2. The average molecular weight is 765 g/mol. The fourth-order valence-electron chi connectivity index (χ4n) is 5.10. The first-order chi connectivity index (χ1) is 24.7. The lowest BCUT2D eigenvalue weighted by atomic mass is 9.97. The van der Waals surface area contributed by atoms with Gasteiger partial charge in [-0.1, -0.05) is 0 Å². The molecular formula is C28H40N6O19. The zero-order valence-corrected chi connectivity index (χ0v) is 29.8. The van der Waals surface area contributed by atoms with Crippen LogP contribution >= 0.6 is 0 Å². The molecule has 2 aliphatic rings. The second kappa shape index (κ2) is 19.3. The van der Waals surface area contributed by atoms with Gasteiger partial charge in [-0.2, -0.15) is 10.0 Å². The number of nitrogens with zero attached hydrogens (tertiary/aromatic N) is 4. The largest absolute Gasteiger partial charge is 0.460 e. The van der Waals surface area contributed by atoms with Gasteiger partial charge in [-0.15, -0.1) is 9.81 Å². The van der Waals surface area contributed by atoms with E-state index in [4.69, 9.17) is 42.6 Å². The van der Waals surface area contributed by atoms with Gasteiger partial charge in [0.1, 0.15) is 18.8 Å². The number of esters is 6. The fourth-order valence-corrected chi connectivity index (χ4v) is 5.10. The first-order valence-corrected chi connectivity index (χ1v) is 15.4. The Labute approximate surface area is 300 Å². The number of carbonyl (C=O) groups is 8. The summed E-state index contributed by atoms with van der Waals surface area (Å²) in [6, 6.07) is -2.13. The second-order valence-electron chi connectivity index (χ2n) is 11.3. The predicted molar refractivity (Wildman–Crippen MR) is 166 cm³/mol. The summed E-state index contributed by atoms with van der Waals surface area (Å²) in [6.07, 6.45) is -14.0. The SMILES string of the molecule is CC(=O)OC[C@@]1(O[C@H]2O[C@H](CNC(=O)N(C)N=O)[C@@H](OC(C)=O)[C@H](OC(C)=O)[C@H]2OC(C)=O)O[C@H](CNC(=O)N(C)N=O)[C@@H](OC(C)=O)[C@@H]1OC(C)=O. The van der Waals surface area contributed by atoms with Crippen molar-refractivity contribution in [3.63, 3.8) is 0 Å². The van der Waals surface area contributed by atoms with E-state index < -0.39 is 122 Å². The van der Waals surface area contributed by atoms with E-state index in [2.05, 4.69) is 21.2 Å². The molecule has 296 valence electrons. The van der Waals surface area contributed by atoms with Crippen molar-refractivity contribution in [2.75, 3.05) is 33.8 Å². The Morgan fingerprint density at radius 2 is 1.04 bits per heavy atom. The van der Waals surface area contributed by atoms with Gasteiger partial charge < -0.3 is 53.3 Å². The molecule has 0 aromatic heterocycles. The molecule has 0 spiro atoms. The van der Waals surface area contributed by atoms with Crippen LogP contribution in [0, 0.1) is 9.81 Å². The number of carbonyl (C=O) groups excluding carboxylic acids is 8. The minimum Gasteiger partial charge on any atom is -0.460 e. The predicted octanol–water partition coefficient (Wildman–Crippen LogP) is -1.31. The normalized spacial score (nSPS) is 27.5. The molecule has 25 heteroatoms. The van der Waals surface area contributed by atoms with Gasteiger partial charge in [0.2, 0.25) is 12.1 Å². The lowest BCUT2D eigenvalue weighted by Crippen LogP contribution is -2.66. The third-order valence-corrected chi connectivity index (χ3v) is 7.08. The van der Waals surface area contributed by atoms with Crippen molar-refractivity contribution in [3.8, 4) is 0 Å². The number of hydrogen-bond acceptors (Lipinski definition) is 21. The van der Waals surface area contributed by atoms with Gasteiger partial charge in [-0.3, -0.25) is 28.8 Å². The standard InChI is InChI=1S/C28H40N6O19/c1-12(35)45-11-28(24(50-17(6)40)21(47-14(3)37)19(52-28)10-30-27(42)34(8)32-44)53-25-23(49-16(5)39)22(48-15(4)38)20(46-13(2)36)18(51-25)9-29-26(41)33(7)31-43/h18-25H,9-11H2,1-8H3,(H,29,41)(H,30,42)/t18-,19-,20-,21-,22+,23-,24+,25-,28+/m1/s1. The van der Waals surface area contributed by atoms with Crippen LogP contribution in [0.25, 0.3) is 0 Å². The molecule has 9 atom stereocenters. The van der Waals surface area contributed by atoms with Crippen LogP contribution in [0.15, 0.2) is 10.6 Å². The van der Waals surface area contributed by atoms with Gasteiger partial charge in [-0.05, 0) is 0 Å². The van der Waals surface area contributed by atoms with Crippen LogP contribution in [0.4, 0.5) is 9.59 Å². The van der Waals surface area contributed by atoms with Gasteiger partial charge >= 0.3 is 47.9 Å². The van der Waals surface area contributed by atoms with Gasteiger partial charge in [0.05, 0.1) is 10.6 Å². The van der Waals surface area contributed by atoms with Crippen LogP contribution in [0.3, 0.4) is 0 Å². The van der Waals surface area contributed by atoms with Gasteiger partial charge in [0.15, 0.2) is 30.5 Å². The van der Waals surface area contributed by atoms with E-state index in [1.807, 2.05) is 0 Å². The zero-order chi connectivity index (χ0) is 40.2. The third kappa shape index (κ3) is 12.3. The summed E-state index contributed by atoms with van der Waals surface area (Å²) < 4.78 is 50.6. The fraction of sp³-hybridized carbons (Fsp3) is 0.714. The quantitative estimate of drug-likeness (QED) is 0.0846. The van der Waals surface area contributed by atoms with E-state index >= 15 is 0 Å². The number of amides is 4. The lowest BCUT2D eigenvalue weighted by molar-refractivity contribution is -0.381. The minimum absolute atomic E-state index is 0.365. The third-order valence-electron chi connectivity index (χ3n) is 7.08. The molecule has 53 heavy (non-hydrogen) atoms. The molecule has 2 N–H and O–H groups in total. The Hall–Kier alpha value is -5.56. The molecule has 2 rings (SSSR count). The molecule has 2 heterocycles. The highest BCUT2D eigenvalue weighted by Crippen LogP contribution is 2.41. The Bertz CT molecular complexity index is 1430. The molecule has 2 saturated heterocycles. The van der Waals surface area contributed by atoms with Gasteiger partial charge in [-0.25, -0.2) is 9.59 Å². The van der Waals surface area contributed by atoms with Crippen molar-refractivity contribution in [1.82, 2.24) is 20.7 Å². The Morgan fingerprint density at radius 3 is 1.49 bits per heavy atom. The molecule has 0 aromatic carbocycles. The lowest BCUT2D eigenvalue weighted by Gasteiger charge is -2.46. The first-order valence-electron chi connectivity index (χ1n) is 15.4. The Balaban J connectivity index is 2.81. The van der Waals surface area contributed by atoms with Gasteiger partial charge in [0.25, 0.3) is 0 Å². The van der Waals surface area contributed by atoms with Crippen molar-refractivity contribution in [2.45, 2.75) is 96.3 Å². The summed E-state index contributed by atoms with van der Waals surface area (Å²) in [6.45, 7) is 3.57. The van der Waals surface area contributed by atoms with Crippen molar-refractivity contribution >= 4 is 47.9 Å². The van der Waals surface area contributed by atoms with Crippen LogP contribution < -0.4 is 10.6 Å². The van der Waals surface area contributed by atoms with Crippen molar-refractivity contribution in [3.05, 3.63) is 9.81 Å².